The van der Waals surface area contributed by atoms with Crippen LogP contribution in [-0.4, -0.2) is 64.3 Å². The number of piperidine rings is 1. The zero-order valence-corrected chi connectivity index (χ0v) is 15.7. The Morgan fingerprint density at radius 1 is 1.26 bits per heavy atom. The van der Waals surface area contributed by atoms with Crippen molar-refractivity contribution in [2.75, 3.05) is 19.6 Å². The van der Waals surface area contributed by atoms with Crippen molar-refractivity contribution in [1.29, 1.82) is 0 Å². The highest BCUT2D eigenvalue weighted by Gasteiger charge is 2.25. The predicted octanol–water partition coefficient (Wildman–Crippen LogP) is 0.0154. The molecule has 1 aliphatic rings. The molecule has 2 rings (SSSR count). The van der Waals surface area contributed by atoms with Gasteiger partial charge in [-0.05, 0) is 39.7 Å². The van der Waals surface area contributed by atoms with Crippen molar-refractivity contribution in [3.05, 3.63) is 28.2 Å². The number of likely N-dealkylation sites (tertiary alicyclic amines) is 1. The van der Waals surface area contributed by atoms with E-state index in [1.165, 1.54) is 12.1 Å². The number of rotatable bonds is 4. The molecule has 0 radical (unpaired) electrons. The normalized spacial score (nSPS) is 15.1. The lowest BCUT2D eigenvalue weighted by atomic mass is 10.0. The van der Waals surface area contributed by atoms with Gasteiger partial charge in [-0.3, -0.25) is 14.4 Å². The second-order valence-electron chi connectivity index (χ2n) is 7.30. The molecule has 0 saturated carbocycles. The Morgan fingerprint density at radius 3 is 2.48 bits per heavy atom. The summed E-state index contributed by atoms with van der Waals surface area (Å²) in [5, 5.41) is 11.2. The van der Waals surface area contributed by atoms with Crippen LogP contribution in [0.5, 0.6) is 0 Å². The summed E-state index contributed by atoms with van der Waals surface area (Å²) in [6, 6.07) is 2.56. The summed E-state index contributed by atoms with van der Waals surface area (Å²) >= 11 is 0. The van der Waals surface area contributed by atoms with Crippen LogP contribution in [0.25, 0.3) is 0 Å². The van der Waals surface area contributed by atoms with Crippen molar-refractivity contribution in [2.45, 2.75) is 45.3 Å². The van der Waals surface area contributed by atoms with Gasteiger partial charge >= 0.3 is 6.09 Å². The highest BCUT2D eigenvalue weighted by Crippen LogP contribution is 2.12. The van der Waals surface area contributed by atoms with Crippen LogP contribution in [0, 0.1) is 0 Å². The first-order valence-electron chi connectivity index (χ1n) is 8.75. The predicted molar refractivity (Wildman–Crippen MR) is 96.2 cm³/mol. The molecule has 1 fully saturated rings. The smallest absolute Gasteiger partial charge is 0.408 e. The molecule has 10 heteroatoms. The molecule has 0 atom stereocenters. The van der Waals surface area contributed by atoms with Crippen LogP contribution >= 0.6 is 0 Å². The van der Waals surface area contributed by atoms with E-state index in [9.17, 15) is 19.2 Å². The van der Waals surface area contributed by atoms with Crippen LogP contribution in [-0.2, 0) is 9.53 Å². The van der Waals surface area contributed by atoms with Crippen molar-refractivity contribution in [3.63, 3.8) is 0 Å². The topological polar surface area (TPSA) is 133 Å². The van der Waals surface area contributed by atoms with Crippen LogP contribution in [0.2, 0.25) is 0 Å². The van der Waals surface area contributed by atoms with Gasteiger partial charge in [0.05, 0.1) is 0 Å². The van der Waals surface area contributed by atoms with Gasteiger partial charge in [0.2, 0.25) is 5.91 Å². The molecule has 0 aliphatic carbocycles. The fourth-order valence-electron chi connectivity index (χ4n) is 2.60. The number of hydrogen-bond donors (Lipinski definition) is 3. The average Bonchev–Trinajstić information content (AvgIpc) is 2.59. The standard InChI is InChI=1S/C17H25N5O5/c1-17(2,3)27-16(26)18-10-14(24)19-11-6-8-22(9-7-11)15(25)12-4-5-13(23)21-20-12/h4-5,11H,6-10H2,1-3H3,(H,18,26)(H,19,24)(H,21,23). The number of H-pyrrole nitrogens is 1. The zero-order valence-electron chi connectivity index (χ0n) is 15.7. The second kappa shape index (κ2) is 8.65. The van der Waals surface area contributed by atoms with Crippen LogP contribution in [0.4, 0.5) is 4.79 Å². The molecule has 1 aromatic rings. The molecule has 2 heterocycles. The summed E-state index contributed by atoms with van der Waals surface area (Å²) in [4.78, 5) is 48.5. The minimum absolute atomic E-state index is 0.0782. The Hall–Kier alpha value is -2.91. The largest absolute Gasteiger partial charge is 0.444 e. The number of aromatic nitrogens is 2. The van der Waals surface area contributed by atoms with E-state index in [1.807, 2.05) is 0 Å². The third kappa shape index (κ3) is 6.72. The van der Waals surface area contributed by atoms with E-state index in [0.717, 1.165) is 0 Å². The third-order valence-corrected chi connectivity index (χ3v) is 3.84. The molecule has 3 N–H and O–H groups in total. The summed E-state index contributed by atoms with van der Waals surface area (Å²) in [6.45, 7) is 5.97. The highest BCUT2D eigenvalue weighted by molar-refractivity contribution is 5.92. The molecule has 0 aromatic carbocycles. The number of alkyl carbamates (subject to hydrolysis) is 1. The summed E-state index contributed by atoms with van der Waals surface area (Å²) in [6.07, 6.45) is 0.534. The summed E-state index contributed by atoms with van der Waals surface area (Å²) in [5.74, 6) is -0.574. The summed E-state index contributed by atoms with van der Waals surface area (Å²) in [7, 11) is 0. The Kier molecular flexibility index (Phi) is 6.54. The van der Waals surface area contributed by atoms with Crippen LogP contribution in [0.1, 0.15) is 44.1 Å². The molecule has 0 unspecified atom stereocenters. The van der Waals surface area contributed by atoms with Crippen molar-refractivity contribution in [1.82, 2.24) is 25.7 Å². The van der Waals surface area contributed by atoms with Crippen molar-refractivity contribution >= 4 is 17.9 Å². The zero-order chi connectivity index (χ0) is 20.0. The van der Waals surface area contributed by atoms with Gasteiger partial charge in [-0.1, -0.05) is 0 Å². The maximum absolute atomic E-state index is 12.3. The first kappa shape index (κ1) is 20.4. The number of aromatic amines is 1. The van der Waals surface area contributed by atoms with E-state index < -0.39 is 11.7 Å². The molecule has 1 saturated heterocycles. The van der Waals surface area contributed by atoms with Crippen molar-refractivity contribution in [3.8, 4) is 0 Å². The van der Waals surface area contributed by atoms with E-state index in [1.54, 1.807) is 25.7 Å². The molecule has 148 valence electrons. The summed E-state index contributed by atoms with van der Waals surface area (Å²) in [5.41, 5.74) is -0.813. The molecule has 1 aliphatic heterocycles. The van der Waals surface area contributed by atoms with Gasteiger partial charge in [-0.2, -0.15) is 5.10 Å². The van der Waals surface area contributed by atoms with Gasteiger partial charge in [0.15, 0.2) is 0 Å². The molecule has 0 spiro atoms. The quantitative estimate of drug-likeness (QED) is 0.675. The number of nitrogens with one attached hydrogen (secondary N) is 3. The van der Waals surface area contributed by atoms with Crippen molar-refractivity contribution in [2.24, 2.45) is 0 Å². The third-order valence-electron chi connectivity index (χ3n) is 3.84. The minimum atomic E-state index is -0.647. The molecule has 10 nitrogen and oxygen atoms in total. The van der Waals surface area contributed by atoms with Crippen LogP contribution in [0.15, 0.2) is 16.9 Å². The van der Waals surface area contributed by atoms with E-state index in [4.69, 9.17) is 4.74 Å². The highest BCUT2D eigenvalue weighted by atomic mass is 16.6. The lowest BCUT2D eigenvalue weighted by Gasteiger charge is -2.32. The van der Waals surface area contributed by atoms with Crippen LogP contribution < -0.4 is 16.2 Å². The number of amides is 3. The minimum Gasteiger partial charge on any atom is -0.444 e. The number of carbonyl (C=O) groups is 3. The Morgan fingerprint density at radius 2 is 1.93 bits per heavy atom. The monoisotopic (exact) mass is 379 g/mol. The molecule has 27 heavy (non-hydrogen) atoms. The van der Waals surface area contributed by atoms with Gasteiger partial charge in [0.25, 0.3) is 11.5 Å². The maximum atomic E-state index is 12.3. The SMILES string of the molecule is CC(C)(C)OC(=O)NCC(=O)NC1CCN(C(=O)c2ccc(=O)[nH]n2)CC1. The lowest BCUT2D eigenvalue weighted by molar-refractivity contribution is -0.121. The van der Waals surface area contributed by atoms with Gasteiger partial charge in [-0.15, -0.1) is 0 Å². The second-order valence-corrected chi connectivity index (χ2v) is 7.30. The Labute approximate surface area is 156 Å². The average molecular weight is 379 g/mol. The van der Waals surface area contributed by atoms with Gasteiger partial charge in [-0.25, -0.2) is 9.89 Å². The van der Waals surface area contributed by atoms with E-state index in [2.05, 4.69) is 20.8 Å². The first-order valence-corrected chi connectivity index (χ1v) is 8.75. The molecular weight excluding hydrogens is 354 g/mol. The van der Waals surface area contributed by atoms with Gasteiger partial charge < -0.3 is 20.3 Å². The maximum Gasteiger partial charge on any atom is 0.408 e. The molecule has 1 aromatic heterocycles. The lowest BCUT2D eigenvalue weighted by Crippen LogP contribution is -2.49. The first-order chi connectivity index (χ1) is 12.6. The van der Waals surface area contributed by atoms with E-state index >= 15 is 0 Å². The van der Waals surface area contributed by atoms with Gasteiger partial charge in [0, 0.05) is 25.2 Å². The fraction of sp³-hybridized carbons (Fsp3) is 0.588. The van der Waals surface area contributed by atoms with E-state index in [0.29, 0.717) is 25.9 Å². The molecule has 3 amide bonds. The number of ether oxygens (including phenoxy) is 1. The number of carbonyl (C=O) groups excluding carboxylic acids is 3. The van der Waals surface area contributed by atoms with E-state index in [-0.39, 0.29) is 35.7 Å². The summed E-state index contributed by atoms with van der Waals surface area (Å²) < 4.78 is 5.07. The van der Waals surface area contributed by atoms with Crippen LogP contribution in [0.3, 0.4) is 0 Å². The van der Waals surface area contributed by atoms with Gasteiger partial charge in [0.1, 0.15) is 17.8 Å². The Bertz CT molecular complexity index is 726. The Balaban J connectivity index is 1.73. The number of hydrogen-bond acceptors (Lipinski definition) is 6. The molecular formula is C17H25N5O5. The molecule has 0 bridgehead atoms. The van der Waals surface area contributed by atoms with Crippen molar-refractivity contribution < 1.29 is 19.1 Å². The fourth-order valence-corrected chi connectivity index (χ4v) is 2.60. The number of nitrogens with zero attached hydrogens (tertiary/aromatic N) is 2.